The molecule has 77 heavy (non-hydrogen) atoms. The first-order valence-corrected chi connectivity index (χ1v) is 29.2. The number of benzene rings is 4. The zero-order valence-electron chi connectivity index (χ0n) is 46.5. The number of amides is 4. The summed E-state index contributed by atoms with van der Waals surface area (Å²) in [6.07, 6.45) is 6.71. The van der Waals surface area contributed by atoms with Crippen LogP contribution in [0.3, 0.4) is 0 Å². The van der Waals surface area contributed by atoms with E-state index in [9.17, 15) is 27.6 Å². The van der Waals surface area contributed by atoms with Gasteiger partial charge >= 0.3 is 0 Å². The smallest absolute Gasteiger partial charge is 0.264 e. The minimum absolute atomic E-state index is 0.184. The standard InChI is InChI=1S/C60H83N9O7S/c1-9-48(61)54(70)66-49(26-16-17-36-64-60(44-22-12-10-13-23-44,45-24-14-11-15-25-45)46-31-29-39(2)30-32-46)56(72)69-38-20-28-51(69)57(73)68-37-19-27-50(68)55(71)65-40(3)21-18-35-63-58(62)67-77(74,75)53-42(5)41(4)52-47(43(53)6)33-34-59(7,8)76-52/h10-15,22-25,29-32,40,48-51,64H,9,16-21,26-28,33-38,61H2,1-8H3,(H,65,71)(H,66,70)(H3,62,63,67). The van der Waals surface area contributed by atoms with Gasteiger partial charge in [-0.3, -0.25) is 29.5 Å². The number of fused-ring (bicyclic) bond motifs is 1. The number of carbonyl (C=O) groups excluding carboxylic acids is 4. The molecule has 0 spiro atoms. The molecule has 16 nitrogen and oxygen atoms in total. The Kier molecular flexibility index (Phi) is 19.3. The molecule has 3 heterocycles. The molecule has 3 aliphatic rings. The summed E-state index contributed by atoms with van der Waals surface area (Å²) in [4.78, 5) is 64.1. The number of aliphatic imine (C=N–C) groups is 1. The fourth-order valence-corrected chi connectivity index (χ4v) is 12.9. The van der Waals surface area contributed by atoms with Crippen LogP contribution in [0.25, 0.3) is 0 Å². The molecule has 4 aromatic rings. The second-order valence-corrected chi connectivity index (χ2v) is 23.6. The van der Waals surface area contributed by atoms with Crippen molar-refractivity contribution >= 4 is 39.6 Å². The summed E-state index contributed by atoms with van der Waals surface area (Å²) in [5, 5.41) is 9.96. The van der Waals surface area contributed by atoms with Gasteiger partial charge in [-0.15, -0.1) is 0 Å². The summed E-state index contributed by atoms with van der Waals surface area (Å²) in [5.41, 5.74) is 18.7. The van der Waals surface area contributed by atoms with Gasteiger partial charge < -0.3 is 36.6 Å². The minimum atomic E-state index is -4.05. The Hall–Kier alpha value is -6.30. The molecular weight excluding hydrogens is 991 g/mol. The number of carbonyl (C=O) groups is 4. The summed E-state index contributed by atoms with van der Waals surface area (Å²) in [6, 6.07) is 25.9. The Balaban J connectivity index is 0.945. The van der Waals surface area contributed by atoms with Crippen LogP contribution in [0, 0.1) is 27.7 Å². The second kappa shape index (κ2) is 25.4. The Bertz CT molecular complexity index is 2820. The van der Waals surface area contributed by atoms with E-state index in [0.717, 1.165) is 45.6 Å². The molecule has 17 heteroatoms. The lowest BCUT2D eigenvalue weighted by molar-refractivity contribution is -0.148. The SMILES string of the molecule is CCC(N)C(=O)NC(CCCCNC(c1ccccc1)(c1ccccc1)c1ccc(C)cc1)C(=O)N1CCCC1C(=O)N1CCCC1C(=O)NC(C)CCCN=C(N)NS(=O)(=O)c1c(C)c(C)c2c(c1C)CCC(C)(C)O2. The number of nitrogens with two attached hydrogens (primary N) is 2. The van der Waals surface area contributed by atoms with Crippen LogP contribution in [0.2, 0.25) is 0 Å². The molecule has 4 aromatic carbocycles. The number of sulfonamides is 1. The molecule has 0 aromatic heterocycles. The molecule has 5 atom stereocenters. The van der Waals surface area contributed by atoms with E-state index in [1.165, 1.54) is 0 Å². The van der Waals surface area contributed by atoms with Crippen molar-refractivity contribution in [2.24, 2.45) is 16.5 Å². The number of ether oxygens (including phenoxy) is 1. The number of unbranched alkanes of at least 4 members (excludes halogenated alkanes) is 1. The van der Waals surface area contributed by atoms with Crippen LogP contribution in [0.1, 0.15) is 143 Å². The molecule has 3 aliphatic heterocycles. The topological polar surface area (TPSA) is 231 Å². The average molecular weight is 1070 g/mol. The van der Waals surface area contributed by atoms with E-state index in [2.05, 4.69) is 81.1 Å². The van der Waals surface area contributed by atoms with E-state index in [0.29, 0.717) is 101 Å². The molecule has 5 unspecified atom stereocenters. The van der Waals surface area contributed by atoms with Crippen molar-refractivity contribution < 1.29 is 32.3 Å². The Morgan fingerprint density at radius 3 is 2.04 bits per heavy atom. The highest BCUT2D eigenvalue weighted by Gasteiger charge is 2.44. The molecule has 0 bridgehead atoms. The van der Waals surface area contributed by atoms with Crippen LogP contribution in [-0.2, 0) is 41.2 Å². The van der Waals surface area contributed by atoms with Crippen LogP contribution >= 0.6 is 0 Å². The van der Waals surface area contributed by atoms with Gasteiger partial charge in [0, 0.05) is 25.7 Å². The summed E-state index contributed by atoms with van der Waals surface area (Å²) in [5.74, 6) is -0.745. The fraction of sp³-hybridized carbons (Fsp3) is 0.517. The van der Waals surface area contributed by atoms with Crippen molar-refractivity contribution in [3.8, 4) is 5.75 Å². The first-order chi connectivity index (χ1) is 36.7. The van der Waals surface area contributed by atoms with E-state index >= 15 is 0 Å². The third-order valence-corrected chi connectivity index (χ3v) is 17.5. The lowest BCUT2D eigenvalue weighted by Gasteiger charge is -2.37. The van der Waals surface area contributed by atoms with Crippen LogP contribution in [0.4, 0.5) is 0 Å². The predicted molar refractivity (Wildman–Crippen MR) is 303 cm³/mol. The Labute approximate surface area is 457 Å². The van der Waals surface area contributed by atoms with Gasteiger partial charge in [0.2, 0.25) is 29.6 Å². The van der Waals surface area contributed by atoms with Gasteiger partial charge in [0.25, 0.3) is 10.0 Å². The highest BCUT2D eigenvalue weighted by Crippen LogP contribution is 2.42. The predicted octanol–water partition coefficient (Wildman–Crippen LogP) is 6.86. The van der Waals surface area contributed by atoms with Crippen molar-refractivity contribution in [3.05, 3.63) is 129 Å². The summed E-state index contributed by atoms with van der Waals surface area (Å²) >= 11 is 0. The summed E-state index contributed by atoms with van der Waals surface area (Å²) in [7, 11) is -4.05. The number of hydrogen-bond acceptors (Lipinski definition) is 10. The zero-order chi connectivity index (χ0) is 55.7. The van der Waals surface area contributed by atoms with Crippen molar-refractivity contribution in [3.63, 3.8) is 0 Å². The van der Waals surface area contributed by atoms with Crippen molar-refractivity contribution in [2.45, 2.75) is 179 Å². The third kappa shape index (κ3) is 13.5. The zero-order valence-corrected chi connectivity index (χ0v) is 47.4. The third-order valence-electron chi connectivity index (χ3n) is 15.9. The number of guanidine groups is 1. The first-order valence-electron chi connectivity index (χ1n) is 27.7. The summed E-state index contributed by atoms with van der Waals surface area (Å²) in [6.45, 7) is 16.9. The van der Waals surface area contributed by atoms with Gasteiger partial charge in [0.1, 0.15) is 29.5 Å². The van der Waals surface area contributed by atoms with Gasteiger partial charge in [-0.2, -0.15) is 0 Å². The molecule has 2 saturated heterocycles. The fourth-order valence-electron chi connectivity index (χ4n) is 11.4. The van der Waals surface area contributed by atoms with Gasteiger partial charge in [0.15, 0.2) is 0 Å². The molecule has 4 amide bonds. The van der Waals surface area contributed by atoms with Crippen LogP contribution < -0.4 is 36.9 Å². The lowest BCUT2D eigenvalue weighted by atomic mass is 9.76. The van der Waals surface area contributed by atoms with E-state index in [1.54, 1.807) is 23.6 Å². The van der Waals surface area contributed by atoms with E-state index in [4.69, 9.17) is 16.2 Å². The maximum Gasteiger partial charge on any atom is 0.264 e. The molecular formula is C60H83N9O7S. The summed E-state index contributed by atoms with van der Waals surface area (Å²) < 4.78 is 36.2. The molecule has 0 aliphatic carbocycles. The van der Waals surface area contributed by atoms with Gasteiger partial charge in [-0.05, 0) is 171 Å². The normalized spacial score (nSPS) is 18.7. The van der Waals surface area contributed by atoms with Crippen molar-refractivity contribution in [1.29, 1.82) is 0 Å². The molecule has 7 rings (SSSR count). The van der Waals surface area contributed by atoms with Gasteiger partial charge in [-0.25, -0.2) is 13.1 Å². The largest absolute Gasteiger partial charge is 0.487 e. The second-order valence-electron chi connectivity index (χ2n) is 22.0. The van der Waals surface area contributed by atoms with Crippen LogP contribution in [-0.4, -0.2) is 110 Å². The lowest BCUT2D eigenvalue weighted by Crippen LogP contribution is -2.57. The number of rotatable bonds is 22. The number of nitrogens with zero attached hydrogens (tertiary/aromatic N) is 3. The quantitative estimate of drug-likeness (QED) is 0.0207. The number of likely N-dealkylation sites (tertiary alicyclic amines) is 2. The van der Waals surface area contributed by atoms with Crippen molar-refractivity contribution in [2.75, 3.05) is 26.2 Å². The van der Waals surface area contributed by atoms with E-state index in [1.807, 2.05) is 71.0 Å². The number of nitrogens with one attached hydrogen (secondary N) is 4. The van der Waals surface area contributed by atoms with Crippen LogP contribution in [0.5, 0.6) is 5.75 Å². The molecule has 416 valence electrons. The number of aryl methyl sites for hydroxylation is 1. The average Bonchev–Trinajstić information content (AvgIpc) is 4.18. The maximum atomic E-state index is 14.6. The van der Waals surface area contributed by atoms with E-state index in [-0.39, 0.29) is 46.8 Å². The molecule has 0 saturated carbocycles. The van der Waals surface area contributed by atoms with E-state index < -0.39 is 45.6 Å². The number of hydrogen-bond donors (Lipinski definition) is 6. The Morgan fingerprint density at radius 2 is 1.40 bits per heavy atom. The monoisotopic (exact) mass is 1070 g/mol. The maximum absolute atomic E-state index is 14.6. The molecule has 2 fully saturated rings. The first kappa shape index (κ1) is 58.4. The highest BCUT2D eigenvalue weighted by molar-refractivity contribution is 7.90. The van der Waals surface area contributed by atoms with Gasteiger partial charge in [-0.1, -0.05) is 97.4 Å². The highest BCUT2D eigenvalue weighted by atomic mass is 32.2. The molecule has 0 radical (unpaired) electrons. The minimum Gasteiger partial charge on any atom is -0.487 e. The molecule has 8 N–H and O–H groups in total. The van der Waals surface area contributed by atoms with Crippen molar-refractivity contribution in [1.82, 2.24) is 30.5 Å². The Morgan fingerprint density at radius 1 is 0.792 bits per heavy atom. The van der Waals surface area contributed by atoms with Gasteiger partial charge in [0.05, 0.1) is 16.5 Å². The van der Waals surface area contributed by atoms with Crippen LogP contribution in [0.15, 0.2) is 94.8 Å².